The third kappa shape index (κ3) is 8.01. The van der Waals surface area contributed by atoms with Gasteiger partial charge in [-0.15, -0.1) is 24.0 Å². The first-order valence-electron chi connectivity index (χ1n) is 8.47. The minimum Gasteiger partial charge on any atom is -0.355 e. The zero-order valence-corrected chi connectivity index (χ0v) is 16.8. The Kier molecular flexibility index (Phi) is 10.3. The SMILES string of the molecule is CN(C)C(=NCc1ccccc1)NCCN1CCCCCC1.I. The standard InChI is InChI=1S/C18H30N4.HI/c1-21(2)18(20-16-17-10-6-5-7-11-17)19-12-15-22-13-8-3-4-9-14-22;/h5-7,10-11H,3-4,8-9,12-16H2,1-2H3,(H,19,20);1H. The second kappa shape index (κ2) is 11.7. The van der Waals surface area contributed by atoms with Gasteiger partial charge in [0.15, 0.2) is 5.96 Å². The lowest BCUT2D eigenvalue weighted by atomic mass is 10.2. The fraction of sp³-hybridized carbons (Fsp3) is 0.611. The smallest absolute Gasteiger partial charge is 0.193 e. The molecule has 0 aromatic heterocycles. The van der Waals surface area contributed by atoms with Gasteiger partial charge in [0.1, 0.15) is 0 Å². The summed E-state index contributed by atoms with van der Waals surface area (Å²) in [5.74, 6) is 0.971. The molecule has 0 saturated carbocycles. The molecule has 0 spiro atoms. The van der Waals surface area contributed by atoms with Gasteiger partial charge in [-0.1, -0.05) is 43.2 Å². The van der Waals surface area contributed by atoms with Crippen molar-refractivity contribution >= 4 is 29.9 Å². The van der Waals surface area contributed by atoms with Gasteiger partial charge in [-0.2, -0.15) is 0 Å². The molecule has 0 aliphatic carbocycles. The van der Waals surface area contributed by atoms with Gasteiger partial charge in [0, 0.05) is 27.2 Å². The number of rotatable bonds is 5. The average molecular weight is 430 g/mol. The van der Waals surface area contributed by atoms with Gasteiger partial charge >= 0.3 is 0 Å². The predicted molar refractivity (Wildman–Crippen MR) is 110 cm³/mol. The second-order valence-corrected chi connectivity index (χ2v) is 6.20. The highest BCUT2D eigenvalue weighted by atomic mass is 127. The Morgan fingerprint density at radius 2 is 1.74 bits per heavy atom. The van der Waals surface area contributed by atoms with Gasteiger partial charge in [-0.3, -0.25) is 0 Å². The number of guanidine groups is 1. The first-order valence-corrected chi connectivity index (χ1v) is 8.47. The van der Waals surface area contributed by atoms with Gasteiger partial charge in [-0.05, 0) is 31.5 Å². The van der Waals surface area contributed by atoms with Crippen LogP contribution in [0, 0.1) is 0 Å². The number of nitrogens with one attached hydrogen (secondary N) is 1. The van der Waals surface area contributed by atoms with Crippen LogP contribution >= 0.6 is 24.0 Å². The number of hydrogen-bond donors (Lipinski definition) is 1. The summed E-state index contributed by atoms with van der Waals surface area (Å²) in [5, 5.41) is 3.49. The number of aliphatic imine (C=N–C) groups is 1. The van der Waals surface area contributed by atoms with Crippen molar-refractivity contribution in [3.05, 3.63) is 35.9 Å². The van der Waals surface area contributed by atoms with Gasteiger partial charge in [0.05, 0.1) is 6.54 Å². The molecule has 1 aliphatic heterocycles. The Morgan fingerprint density at radius 1 is 1.09 bits per heavy atom. The number of hydrogen-bond acceptors (Lipinski definition) is 2. The van der Waals surface area contributed by atoms with Crippen LogP contribution in [0.3, 0.4) is 0 Å². The van der Waals surface area contributed by atoms with E-state index in [4.69, 9.17) is 4.99 Å². The first-order chi connectivity index (χ1) is 10.8. The molecule has 0 atom stereocenters. The van der Waals surface area contributed by atoms with Crippen LogP contribution in [0.4, 0.5) is 0 Å². The predicted octanol–water partition coefficient (Wildman–Crippen LogP) is 3.19. The van der Waals surface area contributed by atoms with E-state index < -0.39 is 0 Å². The molecule has 1 fully saturated rings. The number of nitrogens with zero attached hydrogens (tertiary/aromatic N) is 3. The Hall–Kier alpha value is -0.820. The quantitative estimate of drug-likeness (QED) is 0.442. The van der Waals surface area contributed by atoms with Crippen LogP contribution in [0.2, 0.25) is 0 Å². The number of benzene rings is 1. The number of halogens is 1. The third-order valence-corrected chi connectivity index (χ3v) is 4.09. The average Bonchev–Trinajstić information content (AvgIpc) is 2.80. The summed E-state index contributed by atoms with van der Waals surface area (Å²) in [6.45, 7) is 5.30. The Labute approximate surface area is 158 Å². The number of likely N-dealkylation sites (tertiary alicyclic amines) is 1. The molecule has 1 aliphatic rings. The van der Waals surface area contributed by atoms with Crippen LogP contribution in [0.15, 0.2) is 35.3 Å². The van der Waals surface area contributed by atoms with Crippen molar-refractivity contribution < 1.29 is 0 Å². The Bertz CT molecular complexity index is 440. The lowest BCUT2D eigenvalue weighted by molar-refractivity contribution is 0.288. The normalized spacial score (nSPS) is 16.3. The molecular weight excluding hydrogens is 399 g/mol. The van der Waals surface area contributed by atoms with E-state index in [9.17, 15) is 0 Å². The second-order valence-electron chi connectivity index (χ2n) is 6.20. The molecular formula is C18H31IN4. The maximum atomic E-state index is 4.71. The lowest BCUT2D eigenvalue weighted by Crippen LogP contribution is -2.41. The molecule has 5 heteroatoms. The van der Waals surface area contributed by atoms with Crippen LogP contribution in [0.5, 0.6) is 0 Å². The van der Waals surface area contributed by atoms with Crippen molar-refractivity contribution in [1.29, 1.82) is 0 Å². The Morgan fingerprint density at radius 3 is 2.35 bits per heavy atom. The fourth-order valence-corrected chi connectivity index (χ4v) is 2.79. The van der Waals surface area contributed by atoms with Crippen LogP contribution in [0.25, 0.3) is 0 Å². The molecule has 1 aromatic rings. The highest BCUT2D eigenvalue weighted by molar-refractivity contribution is 14.0. The maximum Gasteiger partial charge on any atom is 0.193 e. The molecule has 0 radical (unpaired) electrons. The minimum atomic E-state index is 0. The van der Waals surface area contributed by atoms with E-state index in [0.29, 0.717) is 0 Å². The van der Waals surface area contributed by atoms with Crippen LogP contribution in [-0.2, 0) is 6.54 Å². The molecule has 1 heterocycles. The van der Waals surface area contributed by atoms with E-state index >= 15 is 0 Å². The fourth-order valence-electron chi connectivity index (χ4n) is 2.79. The van der Waals surface area contributed by atoms with Crippen LogP contribution in [0.1, 0.15) is 31.2 Å². The van der Waals surface area contributed by atoms with E-state index in [1.165, 1.54) is 44.3 Å². The molecule has 1 aromatic carbocycles. The third-order valence-electron chi connectivity index (χ3n) is 4.09. The largest absolute Gasteiger partial charge is 0.355 e. The van der Waals surface area contributed by atoms with Crippen molar-refractivity contribution in [2.75, 3.05) is 40.3 Å². The van der Waals surface area contributed by atoms with E-state index in [1.807, 2.05) is 20.2 Å². The molecule has 1 N–H and O–H groups in total. The zero-order chi connectivity index (χ0) is 15.6. The molecule has 0 bridgehead atoms. The minimum absolute atomic E-state index is 0. The van der Waals surface area contributed by atoms with Crippen LogP contribution in [-0.4, -0.2) is 56.0 Å². The van der Waals surface area contributed by atoms with Gasteiger partial charge in [0.2, 0.25) is 0 Å². The molecule has 0 unspecified atom stereocenters. The van der Waals surface area contributed by atoms with E-state index in [0.717, 1.165) is 25.6 Å². The molecule has 2 rings (SSSR count). The van der Waals surface area contributed by atoms with Crippen molar-refractivity contribution in [3.8, 4) is 0 Å². The highest BCUT2D eigenvalue weighted by Gasteiger charge is 2.09. The maximum absolute atomic E-state index is 4.71. The van der Waals surface area contributed by atoms with Gasteiger partial charge < -0.3 is 15.1 Å². The molecule has 23 heavy (non-hydrogen) atoms. The van der Waals surface area contributed by atoms with E-state index in [2.05, 4.69) is 39.4 Å². The van der Waals surface area contributed by atoms with Gasteiger partial charge in [-0.25, -0.2) is 4.99 Å². The summed E-state index contributed by atoms with van der Waals surface area (Å²) in [4.78, 5) is 9.34. The zero-order valence-electron chi connectivity index (χ0n) is 14.5. The summed E-state index contributed by atoms with van der Waals surface area (Å²) in [6, 6.07) is 10.4. The van der Waals surface area contributed by atoms with Gasteiger partial charge in [0.25, 0.3) is 0 Å². The van der Waals surface area contributed by atoms with E-state index in [-0.39, 0.29) is 24.0 Å². The molecule has 130 valence electrons. The highest BCUT2D eigenvalue weighted by Crippen LogP contribution is 2.08. The van der Waals surface area contributed by atoms with E-state index in [1.54, 1.807) is 0 Å². The van der Waals surface area contributed by atoms with Crippen molar-refractivity contribution in [3.63, 3.8) is 0 Å². The monoisotopic (exact) mass is 430 g/mol. The summed E-state index contributed by atoms with van der Waals surface area (Å²) >= 11 is 0. The summed E-state index contributed by atoms with van der Waals surface area (Å²) in [6.07, 6.45) is 5.49. The van der Waals surface area contributed by atoms with Crippen LogP contribution < -0.4 is 5.32 Å². The topological polar surface area (TPSA) is 30.9 Å². The van der Waals surface area contributed by atoms with Crippen molar-refractivity contribution in [2.45, 2.75) is 32.2 Å². The van der Waals surface area contributed by atoms with Crippen molar-refractivity contribution in [2.24, 2.45) is 4.99 Å². The summed E-state index contributed by atoms with van der Waals surface area (Å²) < 4.78 is 0. The van der Waals surface area contributed by atoms with Crippen molar-refractivity contribution in [1.82, 2.24) is 15.1 Å². The first kappa shape index (κ1) is 20.2. The summed E-state index contributed by atoms with van der Waals surface area (Å²) in [5.41, 5.74) is 1.25. The Balaban J connectivity index is 0.00000264. The molecule has 1 saturated heterocycles. The molecule has 0 amide bonds. The lowest BCUT2D eigenvalue weighted by Gasteiger charge is -2.22. The summed E-state index contributed by atoms with van der Waals surface area (Å²) in [7, 11) is 4.09. The molecule has 4 nitrogen and oxygen atoms in total.